The van der Waals surface area contributed by atoms with Crippen LogP contribution >= 0.6 is 0 Å². The molecule has 1 heteroatoms. The summed E-state index contributed by atoms with van der Waals surface area (Å²) in [6.07, 6.45) is 15.6. The van der Waals surface area contributed by atoms with Gasteiger partial charge in [0.25, 0.3) is 0 Å². The van der Waals surface area contributed by atoms with Crippen LogP contribution in [0, 0.1) is 40.4 Å². The third-order valence-corrected chi connectivity index (χ3v) is 11.6. The molecule has 4 aliphatic rings. The highest BCUT2D eigenvalue weighted by atomic mass is 16.1. The van der Waals surface area contributed by atoms with E-state index >= 15 is 0 Å². The molecule has 2 aromatic rings. The molecule has 0 unspecified atom stereocenters. The van der Waals surface area contributed by atoms with Crippen molar-refractivity contribution >= 4 is 11.4 Å². The van der Waals surface area contributed by atoms with Crippen molar-refractivity contribution in [2.45, 2.75) is 78.6 Å². The summed E-state index contributed by atoms with van der Waals surface area (Å²) in [7, 11) is 0. The van der Waals surface area contributed by atoms with E-state index in [0.29, 0.717) is 17.1 Å². The number of carbonyl (C=O) groups excluding carboxylic acids is 1. The average Bonchev–Trinajstić information content (AvgIpc) is 3.28. The van der Waals surface area contributed by atoms with Crippen LogP contribution in [0.25, 0.3) is 5.57 Å². The van der Waals surface area contributed by atoms with Gasteiger partial charge in [-0.2, -0.15) is 0 Å². The first kappa shape index (κ1) is 24.9. The maximum absolute atomic E-state index is 12.2. The van der Waals surface area contributed by atoms with E-state index in [0.717, 1.165) is 49.4 Å². The molecule has 6 rings (SSSR count). The molecule has 0 aliphatic heterocycles. The third-order valence-electron chi connectivity index (χ3n) is 11.6. The van der Waals surface area contributed by atoms with Crippen molar-refractivity contribution in [3.8, 4) is 0 Å². The molecule has 0 amide bonds. The maximum Gasteiger partial charge on any atom is 0.155 e. The van der Waals surface area contributed by atoms with Crippen molar-refractivity contribution in [3.63, 3.8) is 0 Å². The summed E-state index contributed by atoms with van der Waals surface area (Å²) in [4.78, 5) is 12.2. The lowest BCUT2D eigenvalue weighted by atomic mass is 9.46. The average molecular weight is 493 g/mol. The Morgan fingerprint density at radius 1 is 0.865 bits per heavy atom. The van der Waals surface area contributed by atoms with E-state index in [9.17, 15) is 4.79 Å². The minimum atomic E-state index is 0.283. The Balaban J connectivity index is 1.22. The number of allylic oxidation sites excluding steroid dienone is 2. The van der Waals surface area contributed by atoms with Crippen molar-refractivity contribution in [2.75, 3.05) is 0 Å². The summed E-state index contributed by atoms with van der Waals surface area (Å²) in [5, 5.41) is 0. The van der Waals surface area contributed by atoms with Gasteiger partial charge in [-0.15, -0.1) is 0 Å². The van der Waals surface area contributed by atoms with Gasteiger partial charge in [0.2, 0.25) is 0 Å². The molecule has 0 aromatic heterocycles. The van der Waals surface area contributed by atoms with Crippen LogP contribution in [0.15, 0.2) is 78.4 Å². The van der Waals surface area contributed by atoms with Crippen molar-refractivity contribution in [2.24, 2.45) is 40.4 Å². The Kier molecular flexibility index (Phi) is 6.54. The zero-order valence-electron chi connectivity index (χ0n) is 23.1. The van der Waals surface area contributed by atoms with Gasteiger partial charge in [-0.25, -0.2) is 0 Å². The standard InChI is InChI=1S/C36H44O/c1-25(14-16-30(26-10-6-4-7-11-26)27-12-8-5-9-13-27)32-18-19-33-31-17-15-28-24-29(37)20-22-35(28,2)34(31)21-23-36(32,33)3/h4-13,16,24-25,31-34H,14-15,17-23H2,1-3H3/t25-,31+,32-,33+,34+,35+,36-/m1/s1. The monoisotopic (exact) mass is 492 g/mol. The lowest BCUT2D eigenvalue weighted by Gasteiger charge is -2.58. The van der Waals surface area contributed by atoms with Crippen LogP contribution in [-0.2, 0) is 4.79 Å². The lowest BCUT2D eigenvalue weighted by Crippen LogP contribution is -2.50. The zero-order valence-corrected chi connectivity index (χ0v) is 23.1. The van der Waals surface area contributed by atoms with E-state index in [1.807, 2.05) is 0 Å². The Hall–Kier alpha value is -2.41. The van der Waals surface area contributed by atoms with Crippen LogP contribution in [0.5, 0.6) is 0 Å². The molecule has 194 valence electrons. The second-order valence-electron chi connectivity index (χ2n) is 13.3. The molecule has 4 aliphatic carbocycles. The normalized spacial score (nSPS) is 35.5. The molecule has 0 radical (unpaired) electrons. The molecule has 2 aromatic carbocycles. The minimum absolute atomic E-state index is 0.283. The SMILES string of the molecule is C[C@H](CC=C(c1ccccc1)c1ccccc1)[C@H]1CC[C@H]2[C@@H]3CCC4=CC(=O)CC[C@]4(C)[C@H]3CC[C@]12C. The van der Waals surface area contributed by atoms with Crippen LogP contribution in [0.1, 0.15) is 89.7 Å². The van der Waals surface area contributed by atoms with Gasteiger partial charge in [0, 0.05) is 6.42 Å². The van der Waals surface area contributed by atoms with E-state index in [1.165, 1.54) is 54.4 Å². The second-order valence-corrected chi connectivity index (χ2v) is 13.3. The van der Waals surface area contributed by atoms with Gasteiger partial charge in [-0.3, -0.25) is 4.79 Å². The highest BCUT2D eigenvalue weighted by molar-refractivity contribution is 5.91. The summed E-state index contributed by atoms with van der Waals surface area (Å²) >= 11 is 0. The predicted octanol–water partition coefficient (Wildman–Crippen LogP) is 9.29. The number of benzene rings is 2. The molecule has 0 heterocycles. The fourth-order valence-electron chi connectivity index (χ4n) is 9.64. The van der Waals surface area contributed by atoms with E-state index in [2.05, 4.69) is 93.6 Å². The fraction of sp³-hybridized carbons (Fsp3) is 0.528. The van der Waals surface area contributed by atoms with Crippen molar-refractivity contribution in [1.82, 2.24) is 0 Å². The van der Waals surface area contributed by atoms with Crippen molar-refractivity contribution in [1.29, 1.82) is 0 Å². The van der Waals surface area contributed by atoms with Crippen molar-refractivity contribution < 1.29 is 4.79 Å². The Labute approximate surface area is 224 Å². The molecule has 0 saturated heterocycles. The molecular weight excluding hydrogens is 448 g/mol. The summed E-state index contributed by atoms with van der Waals surface area (Å²) in [6, 6.07) is 21.9. The van der Waals surface area contributed by atoms with E-state index < -0.39 is 0 Å². The maximum atomic E-state index is 12.2. The summed E-state index contributed by atoms with van der Waals surface area (Å²) in [6.45, 7) is 7.71. The quantitative estimate of drug-likeness (QED) is 0.406. The van der Waals surface area contributed by atoms with Crippen LogP contribution in [0.2, 0.25) is 0 Å². The van der Waals surface area contributed by atoms with Gasteiger partial charge in [-0.05, 0) is 115 Å². The van der Waals surface area contributed by atoms with Gasteiger partial charge in [0.15, 0.2) is 5.78 Å². The summed E-state index contributed by atoms with van der Waals surface area (Å²) in [5.74, 6) is 4.37. The van der Waals surface area contributed by atoms with Gasteiger partial charge in [0.1, 0.15) is 0 Å². The molecule has 3 fully saturated rings. The Bertz CT molecular complexity index is 1150. The number of carbonyl (C=O) groups is 1. The second kappa shape index (κ2) is 9.72. The fourth-order valence-corrected chi connectivity index (χ4v) is 9.64. The number of rotatable bonds is 5. The molecule has 3 saturated carbocycles. The molecule has 0 N–H and O–H groups in total. The number of hydrogen-bond acceptors (Lipinski definition) is 1. The number of ketones is 1. The number of fused-ring (bicyclic) bond motifs is 5. The van der Waals surface area contributed by atoms with Crippen molar-refractivity contribution in [3.05, 3.63) is 89.5 Å². The minimum Gasteiger partial charge on any atom is -0.295 e. The van der Waals surface area contributed by atoms with Gasteiger partial charge >= 0.3 is 0 Å². The third kappa shape index (κ3) is 4.27. The first-order valence-corrected chi connectivity index (χ1v) is 14.9. The van der Waals surface area contributed by atoms with E-state index in [1.54, 1.807) is 0 Å². The van der Waals surface area contributed by atoms with Crippen LogP contribution < -0.4 is 0 Å². The number of hydrogen-bond donors (Lipinski definition) is 0. The van der Waals surface area contributed by atoms with Gasteiger partial charge < -0.3 is 0 Å². The largest absolute Gasteiger partial charge is 0.295 e. The van der Waals surface area contributed by atoms with Gasteiger partial charge in [-0.1, -0.05) is 93.1 Å². The van der Waals surface area contributed by atoms with E-state index in [4.69, 9.17) is 0 Å². The smallest absolute Gasteiger partial charge is 0.155 e. The molecule has 0 bridgehead atoms. The zero-order chi connectivity index (χ0) is 25.6. The molecule has 37 heavy (non-hydrogen) atoms. The summed E-state index contributed by atoms with van der Waals surface area (Å²) in [5.41, 5.74) is 6.27. The van der Waals surface area contributed by atoms with Crippen LogP contribution in [-0.4, -0.2) is 5.78 Å². The molecular formula is C36H44O. The first-order chi connectivity index (χ1) is 17.9. The Morgan fingerprint density at radius 2 is 1.54 bits per heavy atom. The molecule has 7 atom stereocenters. The molecule has 0 spiro atoms. The Morgan fingerprint density at radius 3 is 2.22 bits per heavy atom. The summed E-state index contributed by atoms with van der Waals surface area (Å²) < 4.78 is 0. The van der Waals surface area contributed by atoms with Crippen LogP contribution in [0.4, 0.5) is 0 Å². The highest BCUT2D eigenvalue weighted by Crippen LogP contribution is 2.67. The van der Waals surface area contributed by atoms with Gasteiger partial charge in [0.05, 0.1) is 0 Å². The first-order valence-electron chi connectivity index (χ1n) is 14.9. The lowest BCUT2D eigenvalue weighted by molar-refractivity contribution is -0.117. The predicted molar refractivity (Wildman–Crippen MR) is 154 cm³/mol. The van der Waals surface area contributed by atoms with E-state index in [-0.39, 0.29) is 5.41 Å². The molecule has 1 nitrogen and oxygen atoms in total. The topological polar surface area (TPSA) is 17.1 Å². The highest BCUT2D eigenvalue weighted by Gasteiger charge is 2.59. The van der Waals surface area contributed by atoms with Crippen LogP contribution in [0.3, 0.4) is 0 Å².